The van der Waals surface area contributed by atoms with Crippen LogP contribution in [0, 0.1) is 13.8 Å². The molecule has 0 aliphatic rings. The van der Waals surface area contributed by atoms with Crippen molar-refractivity contribution in [3.8, 4) is 0 Å². The number of rotatable bonds is 7. The van der Waals surface area contributed by atoms with Crippen LogP contribution in [0.25, 0.3) is 0 Å². The second kappa shape index (κ2) is 7.26. The molecule has 0 fully saturated rings. The largest absolute Gasteiger partial charge is 0.347 e. The van der Waals surface area contributed by atoms with Crippen LogP contribution in [0.2, 0.25) is 0 Å². The van der Waals surface area contributed by atoms with E-state index in [1.807, 2.05) is 6.92 Å². The fraction of sp³-hybridized carbons (Fsp3) is 0.615. The normalized spacial score (nSPS) is 12.3. The van der Waals surface area contributed by atoms with E-state index in [0.717, 1.165) is 17.1 Å². The number of hydrogen-bond acceptors (Lipinski definition) is 6. The van der Waals surface area contributed by atoms with E-state index in [0.29, 0.717) is 19.4 Å². The highest BCUT2D eigenvalue weighted by molar-refractivity contribution is 7.11. The summed E-state index contributed by atoms with van der Waals surface area (Å²) in [5.41, 5.74) is 1.04. The molecule has 0 saturated carbocycles. The first kappa shape index (κ1) is 15.6. The van der Waals surface area contributed by atoms with Crippen molar-refractivity contribution in [1.29, 1.82) is 0 Å². The van der Waals surface area contributed by atoms with Crippen LogP contribution in [0.3, 0.4) is 0 Å². The highest BCUT2D eigenvalue weighted by Crippen LogP contribution is 2.24. The summed E-state index contributed by atoms with van der Waals surface area (Å²) < 4.78 is 1.62. The molecule has 2 aromatic heterocycles. The van der Waals surface area contributed by atoms with Crippen molar-refractivity contribution >= 4 is 17.2 Å². The quantitative estimate of drug-likeness (QED) is 0.843. The van der Waals surface area contributed by atoms with Crippen molar-refractivity contribution in [2.24, 2.45) is 0 Å². The Hall–Kier alpha value is -1.83. The summed E-state index contributed by atoms with van der Waals surface area (Å²) in [5, 5.41) is 14.9. The Balaban J connectivity index is 1.82. The Morgan fingerprint density at radius 2 is 2.29 bits per heavy atom. The van der Waals surface area contributed by atoms with Crippen LogP contribution in [0.5, 0.6) is 0 Å². The minimum Gasteiger partial charge on any atom is -0.347 e. The molecular weight excluding hydrogens is 288 g/mol. The number of aryl methyl sites for hydroxylation is 3. The molecule has 2 aromatic rings. The van der Waals surface area contributed by atoms with Crippen LogP contribution in [-0.4, -0.2) is 31.1 Å². The number of aromatic nitrogens is 5. The summed E-state index contributed by atoms with van der Waals surface area (Å²) in [6, 6.07) is 0.00272. The Morgan fingerprint density at radius 1 is 1.48 bits per heavy atom. The lowest BCUT2D eigenvalue weighted by Crippen LogP contribution is -2.28. The molecule has 0 unspecified atom stereocenters. The van der Waals surface area contributed by atoms with Crippen molar-refractivity contribution < 1.29 is 4.79 Å². The van der Waals surface area contributed by atoms with Gasteiger partial charge in [0.2, 0.25) is 5.91 Å². The van der Waals surface area contributed by atoms with E-state index < -0.39 is 0 Å². The van der Waals surface area contributed by atoms with Gasteiger partial charge in [0.15, 0.2) is 0 Å². The van der Waals surface area contributed by atoms with Gasteiger partial charge in [-0.3, -0.25) is 4.79 Å². The molecule has 0 aromatic carbocycles. The Morgan fingerprint density at radius 3 is 2.86 bits per heavy atom. The number of nitrogens with one attached hydrogen (secondary N) is 1. The molecule has 21 heavy (non-hydrogen) atoms. The maximum absolute atomic E-state index is 12.0. The number of thiazole rings is 1. The highest BCUT2D eigenvalue weighted by atomic mass is 32.1. The minimum absolute atomic E-state index is 0.00272. The lowest BCUT2D eigenvalue weighted by molar-refractivity contribution is -0.122. The molecule has 7 nitrogen and oxygen atoms in total. The van der Waals surface area contributed by atoms with E-state index in [1.54, 1.807) is 22.3 Å². The summed E-state index contributed by atoms with van der Waals surface area (Å²) in [6.07, 6.45) is 3.56. The van der Waals surface area contributed by atoms with Crippen LogP contribution < -0.4 is 5.32 Å². The molecule has 0 aliphatic heterocycles. The first-order chi connectivity index (χ1) is 10.1. The number of carbonyl (C=O) groups excluding carboxylic acids is 1. The third-order valence-electron chi connectivity index (χ3n) is 3.27. The smallest absolute Gasteiger partial charge is 0.220 e. The molecule has 1 atom stereocenters. The topological polar surface area (TPSA) is 85.6 Å². The molecule has 1 N–H and O–H groups in total. The van der Waals surface area contributed by atoms with Crippen molar-refractivity contribution in [3.63, 3.8) is 0 Å². The van der Waals surface area contributed by atoms with Gasteiger partial charge in [-0.25, -0.2) is 9.67 Å². The third kappa shape index (κ3) is 4.32. The standard InChI is InChI=1S/C13H20N6OS/c1-4-11(13-15-9(2)10(3)21-13)16-12(20)6-5-7-19-8-14-17-18-19/h8,11H,4-7H2,1-3H3,(H,16,20)/t11-/m1/s1. The first-order valence-electron chi connectivity index (χ1n) is 7.04. The first-order valence-corrected chi connectivity index (χ1v) is 7.85. The second-order valence-corrected chi connectivity index (χ2v) is 6.13. The van der Waals surface area contributed by atoms with E-state index in [-0.39, 0.29) is 11.9 Å². The summed E-state index contributed by atoms with van der Waals surface area (Å²) in [7, 11) is 0. The summed E-state index contributed by atoms with van der Waals surface area (Å²) in [5.74, 6) is 0.0421. The molecule has 0 saturated heterocycles. The van der Waals surface area contributed by atoms with Gasteiger partial charge in [0.25, 0.3) is 0 Å². The summed E-state index contributed by atoms with van der Waals surface area (Å²) in [6.45, 7) is 6.75. The van der Waals surface area contributed by atoms with Gasteiger partial charge in [0, 0.05) is 17.8 Å². The number of carbonyl (C=O) groups is 1. The van der Waals surface area contributed by atoms with E-state index in [9.17, 15) is 4.79 Å². The SMILES string of the molecule is CC[C@@H](NC(=O)CCCn1cnnn1)c1nc(C)c(C)s1. The predicted octanol–water partition coefficient (Wildman–Crippen LogP) is 1.79. The Kier molecular flexibility index (Phi) is 5.38. The number of amides is 1. The minimum atomic E-state index is 0.00272. The van der Waals surface area contributed by atoms with Gasteiger partial charge < -0.3 is 5.32 Å². The van der Waals surface area contributed by atoms with Crippen LogP contribution in [-0.2, 0) is 11.3 Å². The second-order valence-electron chi connectivity index (χ2n) is 4.90. The van der Waals surface area contributed by atoms with Crippen LogP contribution >= 0.6 is 11.3 Å². The van der Waals surface area contributed by atoms with Crippen molar-refractivity contribution in [3.05, 3.63) is 21.9 Å². The van der Waals surface area contributed by atoms with E-state index in [1.165, 1.54) is 4.88 Å². The van der Waals surface area contributed by atoms with Crippen molar-refractivity contribution in [2.75, 3.05) is 0 Å². The van der Waals surface area contributed by atoms with Crippen LogP contribution in [0.4, 0.5) is 0 Å². The fourth-order valence-corrected chi connectivity index (χ4v) is 2.99. The van der Waals surface area contributed by atoms with Gasteiger partial charge in [0.1, 0.15) is 11.3 Å². The van der Waals surface area contributed by atoms with Gasteiger partial charge in [-0.2, -0.15) is 0 Å². The Labute approximate surface area is 127 Å². The zero-order valence-electron chi connectivity index (χ0n) is 12.5. The lowest BCUT2D eigenvalue weighted by atomic mass is 10.2. The van der Waals surface area contributed by atoms with Crippen molar-refractivity contribution in [1.82, 2.24) is 30.5 Å². The molecule has 2 heterocycles. The van der Waals surface area contributed by atoms with Crippen LogP contribution in [0.15, 0.2) is 6.33 Å². The molecule has 0 spiro atoms. The maximum Gasteiger partial charge on any atom is 0.220 e. The van der Waals surface area contributed by atoms with Gasteiger partial charge in [-0.05, 0) is 37.1 Å². The number of nitrogens with zero attached hydrogens (tertiary/aromatic N) is 5. The molecule has 114 valence electrons. The monoisotopic (exact) mass is 308 g/mol. The van der Waals surface area contributed by atoms with E-state index >= 15 is 0 Å². The molecule has 0 radical (unpaired) electrons. The third-order valence-corrected chi connectivity index (χ3v) is 4.46. The van der Waals surface area contributed by atoms with Crippen molar-refractivity contribution in [2.45, 2.75) is 52.6 Å². The van der Waals surface area contributed by atoms with Gasteiger partial charge in [0.05, 0.1) is 11.7 Å². The lowest BCUT2D eigenvalue weighted by Gasteiger charge is -2.14. The zero-order valence-corrected chi connectivity index (χ0v) is 13.4. The average molecular weight is 308 g/mol. The molecule has 0 aliphatic carbocycles. The fourth-order valence-electron chi connectivity index (χ4n) is 1.94. The molecule has 0 bridgehead atoms. The Bertz CT molecular complexity index is 560. The van der Waals surface area contributed by atoms with Gasteiger partial charge in [-0.15, -0.1) is 16.4 Å². The summed E-state index contributed by atoms with van der Waals surface area (Å²) >= 11 is 1.65. The van der Waals surface area contributed by atoms with E-state index in [4.69, 9.17) is 0 Å². The van der Waals surface area contributed by atoms with Gasteiger partial charge in [-0.1, -0.05) is 6.92 Å². The molecule has 2 rings (SSSR count). The average Bonchev–Trinajstić information content (AvgIpc) is 3.07. The molecule has 1 amide bonds. The maximum atomic E-state index is 12.0. The highest BCUT2D eigenvalue weighted by Gasteiger charge is 2.17. The van der Waals surface area contributed by atoms with Crippen LogP contribution in [0.1, 0.15) is 47.8 Å². The number of hydrogen-bond donors (Lipinski definition) is 1. The zero-order chi connectivity index (χ0) is 15.2. The van der Waals surface area contributed by atoms with E-state index in [2.05, 4.69) is 39.7 Å². The molecular formula is C13H20N6OS. The number of tetrazole rings is 1. The molecule has 8 heteroatoms. The predicted molar refractivity (Wildman–Crippen MR) is 79.8 cm³/mol. The summed E-state index contributed by atoms with van der Waals surface area (Å²) in [4.78, 5) is 17.7. The van der Waals surface area contributed by atoms with Gasteiger partial charge >= 0.3 is 0 Å².